The van der Waals surface area contributed by atoms with Crippen molar-refractivity contribution in [3.63, 3.8) is 0 Å². The largest absolute Gasteiger partial charge is 0.503 e. The van der Waals surface area contributed by atoms with Gasteiger partial charge in [0.05, 0.1) is 11.6 Å². The van der Waals surface area contributed by atoms with Crippen molar-refractivity contribution >= 4 is 28.3 Å². The van der Waals surface area contributed by atoms with E-state index in [1.165, 1.54) is 4.90 Å². The van der Waals surface area contributed by atoms with Crippen LogP contribution >= 0.6 is 0 Å². The second-order valence-electron chi connectivity index (χ2n) is 6.69. The molecule has 1 unspecified atom stereocenters. The number of aliphatic hydroxyl groups excluding tert-OH is 1. The highest BCUT2D eigenvalue weighted by atomic mass is 16.3. The molecule has 1 atom stereocenters. The Balaban J connectivity index is 1.98. The lowest BCUT2D eigenvalue weighted by molar-refractivity contribution is -0.118. The zero-order valence-electron chi connectivity index (χ0n) is 15.2. The summed E-state index contributed by atoms with van der Waals surface area (Å²) in [5, 5.41) is 11.5. The fourth-order valence-electron chi connectivity index (χ4n) is 3.78. The van der Waals surface area contributed by atoms with Gasteiger partial charge >= 0.3 is 0 Å². The van der Waals surface area contributed by atoms with E-state index in [1.54, 1.807) is 6.92 Å². The Bertz CT molecular complexity index is 1090. The van der Waals surface area contributed by atoms with Crippen molar-refractivity contribution in [2.24, 2.45) is 0 Å². The third-order valence-corrected chi connectivity index (χ3v) is 5.12. The normalized spacial score (nSPS) is 17.2. The van der Waals surface area contributed by atoms with Gasteiger partial charge in [-0.25, -0.2) is 0 Å². The number of anilines is 1. The summed E-state index contributed by atoms with van der Waals surface area (Å²) < 4.78 is 0. The van der Waals surface area contributed by atoms with E-state index >= 15 is 0 Å². The molecule has 1 aliphatic heterocycles. The molecule has 27 heavy (non-hydrogen) atoms. The molecule has 0 fully saturated rings. The average Bonchev–Trinajstić information content (AvgIpc) is 3.21. The molecule has 0 bridgehead atoms. The van der Waals surface area contributed by atoms with E-state index < -0.39 is 17.7 Å². The summed E-state index contributed by atoms with van der Waals surface area (Å²) in [6.07, 6.45) is 2.03. The number of Topliss-reactive ketones (excluding diaryl/α,β-unsaturated/α-hetero) is 1. The van der Waals surface area contributed by atoms with Gasteiger partial charge in [0.1, 0.15) is 0 Å². The minimum Gasteiger partial charge on any atom is -0.503 e. The standard InChI is InChI=1S/C22H20N2O3/c1-3-18(25)19-20(15-12-23-16-10-6-5-9-14(15)16)24(22(27)21(19)26)17-11-7-4-8-13(17)2/h4-12,20,23,26H,3H2,1-2H3. The number of ketones is 1. The summed E-state index contributed by atoms with van der Waals surface area (Å²) in [6, 6.07) is 14.6. The summed E-state index contributed by atoms with van der Waals surface area (Å²) >= 11 is 0. The fraction of sp³-hybridized carbons (Fsp3) is 0.182. The molecule has 5 nitrogen and oxygen atoms in total. The number of benzene rings is 2. The molecule has 5 heteroatoms. The van der Waals surface area contributed by atoms with Crippen LogP contribution in [0.4, 0.5) is 5.69 Å². The molecule has 2 N–H and O–H groups in total. The lowest BCUT2D eigenvalue weighted by Gasteiger charge is -2.27. The number of H-pyrrole nitrogens is 1. The number of fused-ring (bicyclic) bond motifs is 1. The minimum atomic E-state index is -0.665. The number of amides is 1. The van der Waals surface area contributed by atoms with Crippen LogP contribution in [0.3, 0.4) is 0 Å². The smallest absolute Gasteiger partial charge is 0.294 e. The Morgan fingerprint density at radius 2 is 1.85 bits per heavy atom. The Hall–Kier alpha value is -3.34. The molecule has 0 saturated carbocycles. The number of aryl methyl sites for hydroxylation is 1. The number of nitrogens with one attached hydrogen (secondary N) is 1. The van der Waals surface area contributed by atoms with Crippen molar-refractivity contribution in [1.29, 1.82) is 0 Å². The highest BCUT2D eigenvalue weighted by Gasteiger charge is 2.45. The number of para-hydroxylation sites is 2. The molecule has 2 aromatic carbocycles. The maximum Gasteiger partial charge on any atom is 0.294 e. The fourth-order valence-corrected chi connectivity index (χ4v) is 3.78. The van der Waals surface area contributed by atoms with Crippen LogP contribution in [0.5, 0.6) is 0 Å². The van der Waals surface area contributed by atoms with Crippen LogP contribution in [0.15, 0.2) is 66.1 Å². The van der Waals surface area contributed by atoms with Gasteiger partial charge < -0.3 is 10.1 Å². The van der Waals surface area contributed by atoms with E-state index in [0.717, 1.165) is 22.0 Å². The van der Waals surface area contributed by atoms with Crippen molar-refractivity contribution in [1.82, 2.24) is 4.98 Å². The minimum absolute atomic E-state index is 0.163. The van der Waals surface area contributed by atoms with Crippen molar-refractivity contribution in [3.05, 3.63) is 77.2 Å². The molecule has 1 aromatic heterocycles. The number of carbonyl (C=O) groups is 2. The highest BCUT2D eigenvalue weighted by Crippen LogP contribution is 2.44. The van der Waals surface area contributed by atoms with Crippen LogP contribution in [0.25, 0.3) is 10.9 Å². The summed E-state index contributed by atoms with van der Waals surface area (Å²) in [4.78, 5) is 30.4. The lowest BCUT2D eigenvalue weighted by Crippen LogP contribution is -2.31. The van der Waals surface area contributed by atoms with Gasteiger partial charge in [0.15, 0.2) is 11.5 Å². The zero-order valence-corrected chi connectivity index (χ0v) is 15.2. The maximum absolute atomic E-state index is 13.0. The van der Waals surface area contributed by atoms with Crippen LogP contribution in [0.1, 0.15) is 30.5 Å². The van der Waals surface area contributed by atoms with Gasteiger partial charge in [-0.3, -0.25) is 14.5 Å². The van der Waals surface area contributed by atoms with Crippen molar-refractivity contribution in [2.45, 2.75) is 26.3 Å². The topological polar surface area (TPSA) is 73.4 Å². The molecule has 0 spiro atoms. The first kappa shape index (κ1) is 17.1. The Morgan fingerprint density at radius 3 is 2.59 bits per heavy atom. The summed E-state index contributed by atoms with van der Waals surface area (Å²) in [7, 11) is 0. The monoisotopic (exact) mass is 360 g/mol. The Morgan fingerprint density at radius 1 is 1.15 bits per heavy atom. The predicted octanol–water partition coefficient (Wildman–Crippen LogP) is 4.36. The number of nitrogens with zero attached hydrogens (tertiary/aromatic N) is 1. The van der Waals surface area contributed by atoms with E-state index in [1.807, 2.05) is 61.7 Å². The number of aliphatic hydroxyl groups is 1. The molecule has 1 amide bonds. The van der Waals surface area contributed by atoms with Crippen molar-refractivity contribution < 1.29 is 14.7 Å². The third kappa shape index (κ3) is 2.54. The number of aromatic amines is 1. The first-order valence-electron chi connectivity index (χ1n) is 8.96. The van der Waals surface area contributed by atoms with Crippen molar-refractivity contribution in [2.75, 3.05) is 4.90 Å². The van der Waals surface area contributed by atoms with E-state index in [0.29, 0.717) is 5.69 Å². The Kier molecular flexibility index (Phi) is 4.07. The highest BCUT2D eigenvalue weighted by molar-refractivity contribution is 6.17. The molecule has 0 saturated heterocycles. The van der Waals surface area contributed by atoms with Gasteiger partial charge in [0, 0.05) is 34.8 Å². The molecule has 4 rings (SSSR count). The quantitative estimate of drug-likeness (QED) is 0.726. The molecule has 0 radical (unpaired) electrons. The second kappa shape index (κ2) is 6.43. The molecule has 136 valence electrons. The molecular weight excluding hydrogens is 340 g/mol. The van der Waals surface area contributed by atoms with Gasteiger partial charge in [-0.1, -0.05) is 43.3 Å². The lowest BCUT2D eigenvalue weighted by atomic mass is 9.94. The van der Waals surface area contributed by atoms with E-state index in [4.69, 9.17) is 0 Å². The Labute approximate surface area is 156 Å². The molecule has 3 aromatic rings. The van der Waals surface area contributed by atoms with Gasteiger partial charge in [-0.2, -0.15) is 0 Å². The summed E-state index contributed by atoms with van der Waals surface area (Å²) in [6.45, 7) is 3.64. The molecule has 2 heterocycles. The number of aromatic nitrogens is 1. The molecular formula is C22H20N2O3. The van der Waals surface area contributed by atoms with Crippen molar-refractivity contribution in [3.8, 4) is 0 Å². The van der Waals surface area contributed by atoms with Crippen LogP contribution in [-0.4, -0.2) is 21.8 Å². The summed E-state index contributed by atoms with van der Waals surface area (Å²) in [5.74, 6) is -1.23. The number of rotatable bonds is 4. The predicted molar refractivity (Wildman–Crippen MR) is 105 cm³/mol. The van der Waals surface area contributed by atoms with Gasteiger partial charge in [-0.15, -0.1) is 0 Å². The van der Waals surface area contributed by atoms with Crippen LogP contribution in [0, 0.1) is 6.92 Å². The van der Waals surface area contributed by atoms with Crippen LogP contribution < -0.4 is 4.90 Å². The van der Waals surface area contributed by atoms with E-state index in [2.05, 4.69) is 4.98 Å². The van der Waals surface area contributed by atoms with E-state index in [-0.39, 0.29) is 17.8 Å². The van der Waals surface area contributed by atoms with Gasteiger partial charge in [0.25, 0.3) is 5.91 Å². The average molecular weight is 360 g/mol. The number of hydrogen-bond donors (Lipinski definition) is 2. The van der Waals surface area contributed by atoms with Crippen LogP contribution in [0.2, 0.25) is 0 Å². The first-order chi connectivity index (χ1) is 13.0. The molecule has 1 aliphatic rings. The molecule has 0 aliphatic carbocycles. The van der Waals surface area contributed by atoms with Gasteiger partial charge in [0.2, 0.25) is 0 Å². The number of carbonyl (C=O) groups excluding carboxylic acids is 2. The summed E-state index contributed by atoms with van der Waals surface area (Å²) in [5.41, 5.74) is 3.45. The van der Waals surface area contributed by atoms with Gasteiger partial charge in [-0.05, 0) is 24.6 Å². The maximum atomic E-state index is 13.0. The third-order valence-electron chi connectivity index (χ3n) is 5.12. The van der Waals surface area contributed by atoms with Crippen LogP contribution in [-0.2, 0) is 9.59 Å². The second-order valence-corrected chi connectivity index (χ2v) is 6.69. The van der Waals surface area contributed by atoms with E-state index in [9.17, 15) is 14.7 Å². The first-order valence-corrected chi connectivity index (χ1v) is 8.96. The zero-order chi connectivity index (χ0) is 19.1. The number of hydrogen-bond acceptors (Lipinski definition) is 3. The SMILES string of the molecule is CCC(=O)C1=C(O)C(=O)N(c2ccccc2C)C1c1c[nH]c2ccccc12.